The molecule has 2 aromatic heterocycles. The Morgan fingerprint density at radius 1 is 1.00 bits per heavy atom. The topological polar surface area (TPSA) is 55.0 Å². The van der Waals surface area contributed by atoms with Crippen LogP contribution < -0.4 is 5.32 Å². The smallest absolute Gasteiger partial charge is 0.113 e. The molecule has 5 heteroatoms. The second-order valence-corrected chi connectivity index (χ2v) is 7.16. The molecule has 5 nitrogen and oxygen atoms in total. The van der Waals surface area contributed by atoms with Gasteiger partial charge in [0, 0.05) is 23.0 Å². The first-order valence-corrected chi connectivity index (χ1v) is 9.46. The molecule has 0 saturated carbocycles. The van der Waals surface area contributed by atoms with Crippen LogP contribution in [0.4, 0.5) is 0 Å². The summed E-state index contributed by atoms with van der Waals surface area (Å²) in [5, 5.41) is 19.2. The summed E-state index contributed by atoms with van der Waals surface area (Å²) in [6.07, 6.45) is 6.05. The summed E-state index contributed by atoms with van der Waals surface area (Å²) in [7, 11) is 0. The normalized spacial score (nSPS) is 15.4. The Kier molecular flexibility index (Phi) is 3.94. The van der Waals surface area contributed by atoms with E-state index >= 15 is 0 Å². The minimum absolute atomic E-state index is 0.429. The monoisotopic (exact) mass is 358 g/mol. The van der Waals surface area contributed by atoms with E-state index in [-0.39, 0.29) is 0 Å². The lowest BCUT2D eigenvalue weighted by Gasteiger charge is -2.22. The van der Waals surface area contributed by atoms with Gasteiger partial charge in [-0.3, -0.25) is 0 Å². The summed E-state index contributed by atoms with van der Waals surface area (Å²) in [5.41, 5.74) is 5.17. The van der Waals surface area contributed by atoms with E-state index in [1.165, 1.54) is 10.9 Å². The van der Waals surface area contributed by atoms with E-state index in [2.05, 4.69) is 63.6 Å². The Labute approximate surface area is 157 Å². The highest BCUT2D eigenvalue weighted by Crippen LogP contribution is 2.34. The third-order valence-corrected chi connectivity index (χ3v) is 5.56. The summed E-state index contributed by atoms with van der Waals surface area (Å²) in [5.74, 6) is 0.429. The average molecular weight is 358 g/mol. The molecule has 4 aromatic rings. The number of fused-ring (bicyclic) bond motifs is 1. The number of para-hydroxylation sites is 1. The van der Waals surface area contributed by atoms with Gasteiger partial charge in [-0.2, -0.15) is 0 Å². The molecule has 0 radical (unpaired) electrons. The Morgan fingerprint density at radius 2 is 1.85 bits per heavy atom. The molecule has 2 N–H and O–H groups in total. The predicted octanol–water partition coefficient (Wildman–Crippen LogP) is 4.20. The van der Waals surface area contributed by atoms with Crippen molar-refractivity contribution in [1.82, 2.24) is 19.8 Å². The van der Waals surface area contributed by atoms with Crippen molar-refractivity contribution in [3.05, 3.63) is 72.6 Å². The number of hydrogen-bond donors (Lipinski definition) is 2. The molecule has 27 heavy (non-hydrogen) atoms. The summed E-state index contributed by atoms with van der Waals surface area (Å²) in [6, 6.07) is 18.8. The van der Waals surface area contributed by atoms with Gasteiger partial charge in [-0.25, -0.2) is 0 Å². The summed E-state index contributed by atoms with van der Waals surface area (Å²) >= 11 is 0. The van der Waals surface area contributed by atoms with Gasteiger partial charge in [0.1, 0.15) is 5.69 Å². The molecule has 0 amide bonds. The van der Waals surface area contributed by atoms with E-state index in [1.807, 2.05) is 18.3 Å². The molecule has 0 aliphatic carbocycles. The lowest BCUT2D eigenvalue weighted by molar-refractivity contribution is 0.153. The Balaban J connectivity index is 1.60. The van der Waals surface area contributed by atoms with E-state index in [9.17, 15) is 5.21 Å². The standard InChI is InChI=1S/C22H22N4O/c27-26-22(20(15-24-26)16-8-11-23-12-9-16)18-5-3-6-19(14-18)25-13-10-17-4-1-2-7-21(17)25/h1-7,10,13-16,23,27H,8-9,11-12H2. The lowest BCUT2D eigenvalue weighted by Crippen LogP contribution is -2.26. The number of aromatic nitrogens is 3. The van der Waals surface area contributed by atoms with Crippen LogP contribution >= 0.6 is 0 Å². The predicted molar refractivity (Wildman–Crippen MR) is 107 cm³/mol. The highest BCUT2D eigenvalue weighted by molar-refractivity contribution is 5.82. The second-order valence-electron chi connectivity index (χ2n) is 7.16. The number of rotatable bonds is 3. The highest BCUT2D eigenvalue weighted by Gasteiger charge is 2.23. The van der Waals surface area contributed by atoms with Crippen molar-refractivity contribution < 1.29 is 5.21 Å². The summed E-state index contributed by atoms with van der Waals surface area (Å²) < 4.78 is 2.18. The molecular formula is C22H22N4O. The van der Waals surface area contributed by atoms with Crippen LogP contribution in [-0.4, -0.2) is 32.8 Å². The lowest BCUT2D eigenvalue weighted by atomic mass is 9.89. The highest BCUT2D eigenvalue weighted by atomic mass is 16.5. The second kappa shape index (κ2) is 6.59. The van der Waals surface area contributed by atoms with Gasteiger partial charge in [0.25, 0.3) is 0 Å². The summed E-state index contributed by atoms with van der Waals surface area (Å²) in [4.78, 5) is 1.03. The number of nitrogens with one attached hydrogen (secondary N) is 1. The molecule has 2 aromatic carbocycles. The fraction of sp³-hybridized carbons (Fsp3) is 0.227. The fourth-order valence-electron chi connectivity index (χ4n) is 4.18. The third kappa shape index (κ3) is 2.80. The first kappa shape index (κ1) is 16.1. The van der Waals surface area contributed by atoms with E-state index < -0.39 is 0 Å². The molecule has 0 bridgehead atoms. The Bertz CT molecular complexity index is 1090. The van der Waals surface area contributed by atoms with Gasteiger partial charge < -0.3 is 15.1 Å². The molecule has 1 aliphatic heterocycles. The Hall–Kier alpha value is -3.05. The molecular weight excluding hydrogens is 336 g/mol. The fourth-order valence-corrected chi connectivity index (χ4v) is 4.18. The molecule has 1 aliphatic rings. The SMILES string of the molecule is On1ncc(C2CCNCC2)c1-c1cccc(-n2ccc3ccccc32)c1. The van der Waals surface area contributed by atoms with Crippen LogP contribution in [0.2, 0.25) is 0 Å². The largest absolute Gasteiger partial charge is 0.411 e. The maximum Gasteiger partial charge on any atom is 0.113 e. The van der Waals surface area contributed by atoms with Gasteiger partial charge in [-0.05, 0) is 61.5 Å². The zero-order valence-corrected chi connectivity index (χ0v) is 15.0. The maximum atomic E-state index is 10.4. The minimum atomic E-state index is 0.429. The molecule has 5 rings (SSSR count). The van der Waals surface area contributed by atoms with Crippen LogP contribution in [-0.2, 0) is 0 Å². The van der Waals surface area contributed by atoms with E-state index in [0.29, 0.717) is 5.92 Å². The Morgan fingerprint density at radius 3 is 2.74 bits per heavy atom. The van der Waals surface area contributed by atoms with Crippen molar-refractivity contribution in [3.63, 3.8) is 0 Å². The molecule has 1 saturated heterocycles. The average Bonchev–Trinajstić information content (AvgIpc) is 3.32. The van der Waals surface area contributed by atoms with Crippen LogP contribution in [0, 0.1) is 0 Å². The van der Waals surface area contributed by atoms with Crippen LogP contribution in [0.5, 0.6) is 0 Å². The van der Waals surface area contributed by atoms with Crippen LogP contribution in [0.25, 0.3) is 27.8 Å². The molecule has 3 heterocycles. The van der Waals surface area contributed by atoms with Crippen molar-refractivity contribution in [3.8, 4) is 16.9 Å². The van der Waals surface area contributed by atoms with Crippen molar-refractivity contribution in [2.75, 3.05) is 13.1 Å². The first-order valence-electron chi connectivity index (χ1n) is 9.46. The third-order valence-electron chi connectivity index (χ3n) is 5.56. The van der Waals surface area contributed by atoms with Crippen LogP contribution in [0.3, 0.4) is 0 Å². The zero-order chi connectivity index (χ0) is 18.2. The molecule has 0 unspecified atom stereocenters. The van der Waals surface area contributed by atoms with Crippen LogP contribution in [0.15, 0.2) is 67.0 Å². The van der Waals surface area contributed by atoms with Crippen molar-refractivity contribution >= 4 is 10.9 Å². The van der Waals surface area contributed by atoms with Gasteiger partial charge in [0.2, 0.25) is 0 Å². The molecule has 0 spiro atoms. The van der Waals surface area contributed by atoms with Gasteiger partial charge >= 0.3 is 0 Å². The number of nitrogens with zero attached hydrogens (tertiary/aromatic N) is 3. The van der Waals surface area contributed by atoms with Crippen molar-refractivity contribution in [1.29, 1.82) is 0 Å². The van der Waals surface area contributed by atoms with E-state index in [1.54, 1.807) is 0 Å². The molecule has 0 atom stereocenters. The number of hydrogen-bond acceptors (Lipinski definition) is 3. The van der Waals surface area contributed by atoms with Gasteiger partial charge in [0.05, 0.1) is 11.7 Å². The van der Waals surface area contributed by atoms with Crippen LogP contribution in [0.1, 0.15) is 24.3 Å². The van der Waals surface area contributed by atoms with E-state index in [4.69, 9.17) is 0 Å². The van der Waals surface area contributed by atoms with Gasteiger partial charge in [-0.15, -0.1) is 9.94 Å². The summed E-state index contributed by atoms with van der Waals surface area (Å²) in [6.45, 7) is 2.02. The molecule has 136 valence electrons. The van der Waals surface area contributed by atoms with Gasteiger partial charge in [-0.1, -0.05) is 30.3 Å². The van der Waals surface area contributed by atoms with Crippen molar-refractivity contribution in [2.45, 2.75) is 18.8 Å². The zero-order valence-electron chi connectivity index (χ0n) is 15.0. The maximum absolute atomic E-state index is 10.4. The van der Waals surface area contributed by atoms with E-state index in [0.717, 1.165) is 53.3 Å². The van der Waals surface area contributed by atoms with Gasteiger partial charge in [0.15, 0.2) is 0 Å². The molecule has 1 fully saturated rings. The quantitative estimate of drug-likeness (QED) is 0.540. The first-order chi connectivity index (χ1) is 13.3. The van der Waals surface area contributed by atoms with Crippen molar-refractivity contribution in [2.24, 2.45) is 0 Å². The number of benzene rings is 2. The number of piperidine rings is 1. The minimum Gasteiger partial charge on any atom is -0.411 e.